The van der Waals surface area contributed by atoms with Crippen molar-refractivity contribution in [3.63, 3.8) is 0 Å². The summed E-state index contributed by atoms with van der Waals surface area (Å²) in [7, 11) is 0. The number of hydrogen-bond acceptors (Lipinski definition) is 0. The molecule has 0 aliphatic rings. The molecule has 0 aromatic heterocycles. The quantitative estimate of drug-likeness (QED) is 0.463. The van der Waals surface area contributed by atoms with Gasteiger partial charge in [-0.1, -0.05) is 46.2 Å². The summed E-state index contributed by atoms with van der Waals surface area (Å²) in [4.78, 5) is 0. The Balaban J connectivity index is 3.78. The van der Waals surface area contributed by atoms with Crippen LogP contribution >= 0.6 is 15.9 Å². The standard InChI is InChI=1S/C12H21Br/c1-4-12(9-6-10-13)8-5-7-11(2)3/h7,9H,4-6,8,10H2,1-3H3. The van der Waals surface area contributed by atoms with Crippen molar-refractivity contribution in [2.24, 2.45) is 0 Å². The van der Waals surface area contributed by atoms with Gasteiger partial charge in [0.2, 0.25) is 0 Å². The van der Waals surface area contributed by atoms with Crippen molar-refractivity contribution in [3.8, 4) is 0 Å². The van der Waals surface area contributed by atoms with Crippen LogP contribution < -0.4 is 0 Å². The Labute approximate surface area is 91.2 Å². The largest absolute Gasteiger partial charge is 0.0925 e. The molecule has 0 heterocycles. The Morgan fingerprint density at radius 2 is 1.85 bits per heavy atom. The van der Waals surface area contributed by atoms with Crippen LogP contribution in [0.25, 0.3) is 0 Å². The molecule has 0 bridgehead atoms. The highest BCUT2D eigenvalue weighted by Crippen LogP contribution is 2.12. The molecule has 0 atom stereocenters. The van der Waals surface area contributed by atoms with E-state index < -0.39 is 0 Å². The average Bonchev–Trinajstić information content (AvgIpc) is 2.10. The molecule has 1 heteroatoms. The summed E-state index contributed by atoms with van der Waals surface area (Å²) >= 11 is 3.44. The summed E-state index contributed by atoms with van der Waals surface area (Å²) in [6.07, 6.45) is 9.48. The molecule has 0 saturated heterocycles. The second kappa shape index (κ2) is 8.55. The lowest BCUT2D eigenvalue weighted by atomic mass is 10.1. The molecule has 0 rings (SSSR count). The predicted octanol–water partition coefficient (Wildman–Crippen LogP) is 4.85. The minimum absolute atomic E-state index is 1.08. The third kappa shape index (κ3) is 8.29. The summed E-state index contributed by atoms with van der Waals surface area (Å²) in [5, 5.41) is 1.08. The maximum Gasteiger partial charge on any atom is 0.00660 e. The smallest absolute Gasteiger partial charge is 0.00660 e. The van der Waals surface area contributed by atoms with Gasteiger partial charge in [0, 0.05) is 5.33 Å². The van der Waals surface area contributed by atoms with Gasteiger partial charge in [-0.2, -0.15) is 0 Å². The molecule has 0 nitrogen and oxygen atoms in total. The molecular weight excluding hydrogens is 224 g/mol. The van der Waals surface area contributed by atoms with Crippen molar-refractivity contribution in [2.45, 2.75) is 46.5 Å². The van der Waals surface area contributed by atoms with Gasteiger partial charge >= 0.3 is 0 Å². The van der Waals surface area contributed by atoms with Crippen molar-refractivity contribution in [3.05, 3.63) is 23.3 Å². The Morgan fingerprint density at radius 3 is 2.31 bits per heavy atom. The van der Waals surface area contributed by atoms with E-state index in [2.05, 4.69) is 48.9 Å². The number of halogens is 1. The third-order valence-electron chi connectivity index (χ3n) is 2.01. The summed E-state index contributed by atoms with van der Waals surface area (Å²) in [5.74, 6) is 0. The fraction of sp³-hybridized carbons (Fsp3) is 0.667. The first-order chi connectivity index (χ1) is 6.20. The summed E-state index contributed by atoms with van der Waals surface area (Å²) in [6.45, 7) is 6.56. The van der Waals surface area contributed by atoms with Crippen LogP contribution in [0.5, 0.6) is 0 Å². The first kappa shape index (κ1) is 13.0. The Hall–Kier alpha value is -0.0400. The second-order valence-electron chi connectivity index (χ2n) is 3.51. The Bertz CT molecular complexity index is 174. The van der Waals surface area contributed by atoms with E-state index >= 15 is 0 Å². The number of rotatable bonds is 6. The molecule has 0 spiro atoms. The number of alkyl halides is 1. The highest BCUT2D eigenvalue weighted by molar-refractivity contribution is 9.09. The van der Waals surface area contributed by atoms with E-state index in [1.165, 1.54) is 24.8 Å². The van der Waals surface area contributed by atoms with E-state index in [-0.39, 0.29) is 0 Å². The van der Waals surface area contributed by atoms with Gasteiger partial charge in [-0.25, -0.2) is 0 Å². The van der Waals surface area contributed by atoms with Crippen molar-refractivity contribution >= 4 is 15.9 Å². The summed E-state index contributed by atoms with van der Waals surface area (Å²) in [5.41, 5.74) is 3.02. The van der Waals surface area contributed by atoms with Crippen LogP contribution in [0.1, 0.15) is 46.5 Å². The van der Waals surface area contributed by atoms with E-state index in [0.29, 0.717) is 0 Å². The van der Waals surface area contributed by atoms with Gasteiger partial charge in [-0.15, -0.1) is 0 Å². The molecule has 0 aromatic carbocycles. The topological polar surface area (TPSA) is 0 Å². The van der Waals surface area contributed by atoms with Gasteiger partial charge in [0.15, 0.2) is 0 Å². The molecule has 13 heavy (non-hydrogen) atoms. The zero-order chi connectivity index (χ0) is 10.1. The van der Waals surface area contributed by atoms with Crippen LogP contribution in [-0.2, 0) is 0 Å². The first-order valence-electron chi connectivity index (χ1n) is 5.08. The maximum absolute atomic E-state index is 3.44. The van der Waals surface area contributed by atoms with Crippen molar-refractivity contribution < 1.29 is 0 Å². The lowest BCUT2D eigenvalue weighted by molar-refractivity contribution is 0.890. The summed E-state index contributed by atoms with van der Waals surface area (Å²) < 4.78 is 0. The molecule has 0 amide bonds. The highest BCUT2D eigenvalue weighted by atomic mass is 79.9. The SMILES string of the molecule is CCC(=CCCBr)CCC=C(C)C. The van der Waals surface area contributed by atoms with Crippen molar-refractivity contribution in [1.82, 2.24) is 0 Å². The molecule has 0 aliphatic carbocycles. The Kier molecular flexibility index (Phi) is 8.53. The Morgan fingerprint density at radius 1 is 1.15 bits per heavy atom. The van der Waals surface area contributed by atoms with Gasteiger partial charge in [0.05, 0.1) is 0 Å². The minimum Gasteiger partial charge on any atom is -0.0925 e. The second-order valence-corrected chi connectivity index (χ2v) is 4.31. The van der Waals surface area contributed by atoms with Crippen LogP contribution in [0.3, 0.4) is 0 Å². The molecule has 0 aliphatic heterocycles. The first-order valence-corrected chi connectivity index (χ1v) is 6.20. The normalized spacial score (nSPS) is 11.5. The van der Waals surface area contributed by atoms with E-state index in [1.807, 2.05) is 0 Å². The molecule has 0 aromatic rings. The fourth-order valence-corrected chi connectivity index (χ4v) is 1.46. The van der Waals surface area contributed by atoms with Gasteiger partial charge in [-0.05, 0) is 39.5 Å². The van der Waals surface area contributed by atoms with E-state index in [9.17, 15) is 0 Å². The zero-order valence-corrected chi connectivity index (χ0v) is 10.7. The number of allylic oxidation sites excluding steroid dienone is 4. The molecule has 0 radical (unpaired) electrons. The van der Waals surface area contributed by atoms with Crippen LogP contribution in [0.15, 0.2) is 23.3 Å². The molecule has 76 valence electrons. The predicted molar refractivity (Wildman–Crippen MR) is 65.5 cm³/mol. The van der Waals surface area contributed by atoms with E-state index in [0.717, 1.165) is 11.8 Å². The minimum atomic E-state index is 1.08. The van der Waals surface area contributed by atoms with E-state index in [1.54, 1.807) is 5.57 Å². The lowest BCUT2D eigenvalue weighted by Crippen LogP contribution is -1.82. The zero-order valence-electron chi connectivity index (χ0n) is 9.07. The van der Waals surface area contributed by atoms with E-state index in [4.69, 9.17) is 0 Å². The third-order valence-corrected chi connectivity index (χ3v) is 2.47. The van der Waals surface area contributed by atoms with Gasteiger partial charge in [-0.3, -0.25) is 0 Å². The van der Waals surface area contributed by atoms with Crippen molar-refractivity contribution in [1.29, 1.82) is 0 Å². The molecular formula is C12H21Br. The molecule has 0 N–H and O–H groups in total. The average molecular weight is 245 g/mol. The van der Waals surface area contributed by atoms with Crippen LogP contribution in [0.2, 0.25) is 0 Å². The van der Waals surface area contributed by atoms with Crippen molar-refractivity contribution in [2.75, 3.05) is 5.33 Å². The van der Waals surface area contributed by atoms with Gasteiger partial charge in [0.25, 0.3) is 0 Å². The summed E-state index contributed by atoms with van der Waals surface area (Å²) in [6, 6.07) is 0. The van der Waals surface area contributed by atoms with Gasteiger partial charge < -0.3 is 0 Å². The van der Waals surface area contributed by atoms with Gasteiger partial charge in [0.1, 0.15) is 0 Å². The highest BCUT2D eigenvalue weighted by Gasteiger charge is 1.92. The molecule has 0 fully saturated rings. The van der Waals surface area contributed by atoms with Crippen LogP contribution in [0, 0.1) is 0 Å². The van der Waals surface area contributed by atoms with Crippen LogP contribution in [0.4, 0.5) is 0 Å². The molecule has 0 saturated carbocycles. The van der Waals surface area contributed by atoms with Crippen LogP contribution in [-0.4, -0.2) is 5.33 Å². The fourth-order valence-electron chi connectivity index (χ4n) is 1.23. The monoisotopic (exact) mass is 244 g/mol. The molecule has 0 unspecified atom stereocenters. The maximum atomic E-state index is 3.44. The lowest BCUT2D eigenvalue weighted by Gasteiger charge is -2.01. The number of hydrogen-bond donors (Lipinski definition) is 0.